The van der Waals surface area contributed by atoms with Gasteiger partial charge in [-0.2, -0.15) is 0 Å². The Hall–Kier alpha value is -1.15. The summed E-state index contributed by atoms with van der Waals surface area (Å²) in [5.74, 6) is -0.293. The van der Waals surface area contributed by atoms with E-state index >= 15 is 0 Å². The number of aldehydes is 2. The fourth-order valence-electron chi connectivity index (χ4n) is 1.12. The van der Waals surface area contributed by atoms with Gasteiger partial charge in [-0.25, -0.2) is 0 Å². The van der Waals surface area contributed by atoms with Crippen molar-refractivity contribution in [2.45, 2.75) is 12.8 Å². The second kappa shape index (κ2) is 4.19. The zero-order valence-corrected chi connectivity index (χ0v) is 7.91. The second-order valence-corrected chi connectivity index (χ2v) is 3.25. The van der Waals surface area contributed by atoms with E-state index < -0.39 is 0 Å². The summed E-state index contributed by atoms with van der Waals surface area (Å²) < 4.78 is 0. The van der Waals surface area contributed by atoms with E-state index in [4.69, 9.17) is 11.6 Å². The standard InChI is InChI=1S/C10H9ClO2/c1-7(5-12)10-4-9(11)3-2-8(10)6-13/h2-7H,1H3. The second-order valence-electron chi connectivity index (χ2n) is 2.82. The molecule has 0 heterocycles. The van der Waals surface area contributed by atoms with E-state index in [1.165, 1.54) is 0 Å². The molecule has 13 heavy (non-hydrogen) atoms. The minimum absolute atomic E-state index is 0.293. The number of carbonyl (C=O) groups is 2. The van der Waals surface area contributed by atoms with Gasteiger partial charge in [-0.05, 0) is 23.8 Å². The Morgan fingerprint density at radius 2 is 2.08 bits per heavy atom. The molecule has 0 saturated carbocycles. The smallest absolute Gasteiger partial charge is 0.150 e. The van der Waals surface area contributed by atoms with Crippen molar-refractivity contribution >= 4 is 24.2 Å². The van der Waals surface area contributed by atoms with Gasteiger partial charge in [0.05, 0.1) is 0 Å². The highest BCUT2D eigenvalue weighted by Gasteiger charge is 2.09. The van der Waals surface area contributed by atoms with Crippen molar-refractivity contribution in [3.63, 3.8) is 0 Å². The largest absolute Gasteiger partial charge is 0.303 e. The quantitative estimate of drug-likeness (QED) is 0.696. The maximum atomic E-state index is 10.6. The highest BCUT2D eigenvalue weighted by molar-refractivity contribution is 6.30. The summed E-state index contributed by atoms with van der Waals surface area (Å²) in [5, 5.41) is 0.536. The van der Waals surface area contributed by atoms with Gasteiger partial charge in [0, 0.05) is 16.5 Å². The van der Waals surface area contributed by atoms with Gasteiger partial charge in [-0.3, -0.25) is 4.79 Å². The summed E-state index contributed by atoms with van der Waals surface area (Å²) in [5.41, 5.74) is 1.20. The fraction of sp³-hybridized carbons (Fsp3) is 0.200. The lowest BCUT2D eigenvalue weighted by molar-refractivity contribution is -0.108. The molecular weight excluding hydrogens is 188 g/mol. The van der Waals surface area contributed by atoms with E-state index in [9.17, 15) is 9.59 Å². The van der Waals surface area contributed by atoms with Crippen LogP contribution in [0.25, 0.3) is 0 Å². The molecular formula is C10H9ClO2. The van der Waals surface area contributed by atoms with Crippen LogP contribution in [0.15, 0.2) is 18.2 Å². The van der Waals surface area contributed by atoms with Crippen molar-refractivity contribution in [1.29, 1.82) is 0 Å². The van der Waals surface area contributed by atoms with Crippen molar-refractivity contribution in [2.24, 2.45) is 0 Å². The first kappa shape index (κ1) is 9.93. The average molecular weight is 197 g/mol. The predicted octanol–water partition coefficient (Wildman–Crippen LogP) is 2.45. The van der Waals surface area contributed by atoms with Crippen molar-refractivity contribution in [2.75, 3.05) is 0 Å². The third-order valence-electron chi connectivity index (χ3n) is 1.87. The van der Waals surface area contributed by atoms with Crippen LogP contribution >= 0.6 is 11.6 Å². The van der Waals surface area contributed by atoms with E-state index in [1.807, 2.05) is 0 Å². The molecule has 0 aliphatic carbocycles. The van der Waals surface area contributed by atoms with Crippen LogP contribution in [0.5, 0.6) is 0 Å². The molecule has 0 aliphatic heterocycles. The lowest BCUT2D eigenvalue weighted by atomic mass is 9.98. The van der Waals surface area contributed by atoms with Crippen molar-refractivity contribution < 1.29 is 9.59 Å². The van der Waals surface area contributed by atoms with Gasteiger partial charge in [0.2, 0.25) is 0 Å². The van der Waals surface area contributed by atoms with Gasteiger partial charge in [0.1, 0.15) is 12.6 Å². The minimum atomic E-state index is -0.293. The Bertz CT molecular complexity index is 334. The Morgan fingerprint density at radius 1 is 1.38 bits per heavy atom. The van der Waals surface area contributed by atoms with Gasteiger partial charge >= 0.3 is 0 Å². The van der Waals surface area contributed by atoms with Crippen molar-refractivity contribution in [3.05, 3.63) is 34.3 Å². The average Bonchev–Trinajstić information content (AvgIpc) is 2.16. The van der Waals surface area contributed by atoms with Gasteiger partial charge < -0.3 is 4.79 Å². The molecule has 0 fully saturated rings. The van der Waals surface area contributed by atoms with E-state index in [0.717, 1.165) is 12.6 Å². The summed E-state index contributed by atoms with van der Waals surface area (Å²) in [4.78, 5) is 21.1. The van der Waals surface area contributed by atoms with E-state index in [0.29, 0.717) is 16.1 Å². The lowest BCUT2D eigenvalue weighted by Gasteiger charge is -2.07. The monoisotopic (exact) mass is 196 g/mol. The van der Waals surface area contributed by atoms with Gasteiger partial charge in [-0.15, -0.1) is 0 Å². The topological polar surface area (TPSA) is 34.1 Å². The molecule has 0 saturated heterocycles. The van der Waals surface area contributed by atoms with Crippen molar-refractivity contribution in [1.82, 2.24) is 0 Å². The molecule has 0 aromatic heterocycles. The third kappa shape index (κ3) is 2.16. The van der Waals surface area contributed by atoms with E-state index in [-0.39, 0.29) is 5.92 Å². The van der Waals surface area contributed by atoms with Crippen LogP contribution in [0.4, 0.5) is 0 Å². The van der Waals surface area contributed by atoms with Crippen LogP contribution in [-0.2, 0) is 4.79 Å². The Kier molecular flexibility index (Phi) is 3.20. The molecule has 1 rings (SSSR count). The number of halogens is 1. The summed E-state index contributed by atoms with van der Waals surface area (Å²) in [6.07, 6.45) is 1.52. The molecule has 0 spiro atoms. The summed E-state index contributed by atoms with van der Waals surface area (Å²) in [6, 6.07) is 4.89. The zero-order chi connectivity index (χ0) is 9.84. The van der Waals surface area contributed by atoms with E-state index in [1.54, 1.807) is 25.1 Å². The molecule has 68 valence electrons. The van der Waals surface area contributed by atoms with Crippen LogP contribution in [0.3, 0.4) is 0 Å². The van der Waals surface area contributed by atoms with Crippen LogP contribution in [-0.4, -0.2) is 12.6 Å². The molecule has 1 aromatic rings. The molecule has 0 bridgehead atoms. The minimum Gasteiger partial charge on any atom is -0.303 e. The normalized spacial score (nSPS) is 12.2. The molecule has 2 nitrogen and oxygen atoms in total. The molecule has 0 radical (unpaired) electrons. The third-order valence-corrected chi connectivity index (χ3v) is 2.11. The van der Waals surface area contributed by atoms with Crippen molar-refractivity contribution in [3.8, 4) is 0 Å². The maximum absolute atomic E-state index is 10.6. The summed E-state index contributed by atoms with van der Waals surface area (Å²) >= 11 is 5.74. The summed E-state index contributed by atoms with van der Waals surface area (Å²) in [6.45, 7) is 1.73. The van der Waals surface area contributed by atoms with Crippen LogP contribution in [0, 0.1) is 0 Å². The van der Waals surface area contributed by atoms with Crippen LogP contribution < -0.4 is 0 Å². The number of benzene rings is 1. The molecule has 0 amide bonds. The molecule has 1 atom stereocenters. The zero-order valence-electron chi connectivity index (χ0n) is 7.16. The van der Waals surface area contributed by atoms with Crippen LogP contribution in [0.2, 0.25) is 5.02 Å². The Labute approximate surface area is 81.5 Å². The number of hydrogen-bond donors (Lipinski definition) is 0. The molecule has 1 aromatic carbocycles. The molecule has 1 unspecified atom stereocenters. The fourth-order valence-corrected chi connectivity index (χ4v) is 1.30. The molecule has 3 heteroatoms. The first-order valence-electron chi connectivity index (χ1n) is 3.89. The van der Waals surface area contributed by atoms with Gasteiger partial charge in [0.25, 0.3) is 0 Å². The van der Waals surface area contributed by atoms with Crippen LogP contribution in [0.1, 0.15) is 28.8 Å². The first-order valence-corrected chi connectivity index (χ1v) is 4.26. The first-order chi connectivity index (χ1) is 6.19. The SMILES string of the molecule is CC(C=O)c1cc(Cl)ccc1C=O. The summed E-state index contributed by atoms with van der Waals surface area (Å²) in [7, 11) is 0. The predicted molar refractivity (Wildman–Crippen MR) is 51.3 cm³/mol. The number of rotatable bonds is 3. The van der Waals surface area contributed by atoms with Gasteiger partial charge in [0.15, 0.2) is 0 Å². The van der Waals surface area contributed by atoms with E-state index in [2.05, 4.69) is 0 Å². The Morgan fingerprint density at radius 3 is 2.62 bits per heavy atom. The number of carbonyl (C=O) groups excluding carboxylic acids is 2. The molecule has 0 N–H and O–H groups in total. The maximum Gasteiger partial charge on any atom is 0.150 e. The Balaban J connectivity index is 3.22. The highest BCUT2D eigenvalue weighted by atomic mass is 35.5. The molecule has 0 aliphatic rings. The number of hydrogen-bond acceptors (Lipinski definition) is 2. The van der Waals surface area contributed by atoms with Gasteiger partial charge in [-0.1, -0.05) is 18.5 Å². The highest BCUT2D eigenvalue weighted by Crippen LogP contribution is 2.21. The lowest BCUT2D eigenvalue weighted by Crippen LogP contribution is -1.99.